The van der Waals surface area contributed by atoms with Crippen molar-refractivity contribution in [3.63, 3.8) is 0 Å². The van der Waals surface area contributed by atoms with E-state index in [1.807, 2.05) is 19.1 Å². The van der Waals surface area contributed by atoms with E-state index in [-0.39, 0.29) is 17.3 Å². The molecule has 0 amide bonds. The van der Waals surface area contributed by atoms with Gasteiger partial charge in [-0.1, -0.05) is 29.8 Å². The molecular weight excluding hydrogens is 288 g/mol. The van der Waals surface area contributed by atoms with E-state index in [0.29, 0.717) is 11.3 Å². The summed E-state index contributed by atoms with van der Waals surface area (Å²) in [6.45, 7) is 1.87. The van der Waals surface area contributed by atoms with Crippen molar-refractivity contribution in [3.05, 3.63) is 59.7 Å². The van der Waals surface area contributed by atoms with Gasteiger partial charge in [0.25, 0.3) is 0 Å². The van der Waals surface area contributed by atoms with Crippen molar-refractivity contribution in [2.45, 2.75) is 11.8 Å². The Balaban J connectivity index is 2.00. The number of ketones is 1. The first-order valence-electron chi connectivity index (χ1n) is 6.39. The number of ether oxygens (including phenoxy) is 1. The number of sulfone groups is 1. The second kappa shape index (κ2) is 6.10. The molecule has 0 N–H and O–H groups in total. The van der Waals surface area contributed by atoms with Crippen LogP contribution in [0.1, 0.15) is 15.9 Å². The molecule has 0 unspecified atom stereocenters. The van der Waals surface area contributed by atoms with E-state index in [4.69, 9.17) is 4.74 Å². The minimum absolute atomic E-state index is 0.0821. The van der Waals surface area contributed by atoms with E-state index in [1.165, 1.54) is 12.1 Å². The average molecular weight is 304 g/mol. The summed E-state index contributed by atoms with van der Waals surface area (Å²) < 4.78 is 28.0. The Bertz CT molecular complexity index is 729. The number of carbonyl (C=O) groups is 1. The molecule has 0 aliphatic heterocycles. The van der Waals surface area contributed by atoms with Gasteiger partial charge in [0.2, 0.25) is 0 Å². The number of carbonyl (C=O) groups excluding carboxylic acids is 1. The number of benzene rings is 2. The molecule has 0 aliphatic carbocycles. The van der Waals surface area contributed by atoms with E-state index < -0.39 is 9.84 Å². The van der Waals surface area contributed by atoms with Gasteiger partial charge in [-0.3, -0.25) is 4.79 Å². The van der Waals surface area contributed by atoms with Crippen molar-refractivity contribution >= 4 is 15.6 Å². The molecule has 0 saturated heterocycles. The zero-order chi connectivity index (χ0) is 15.5. The lowest BCUT2D eigenvalue weighted by Crippen LogP contribution is -2.11. The summed E-state index contributed by atoms with van der Waals surface area (Å²) in [7, 11) is -3.22. The molecule has 0 radical (unpaired) electrons. The van der Waals surface area contributed by atoms with Gasteiger partial charge in [-0.2, -0.15) is 0 Å². The van der Waals surface area contributed by atoms with Gasteiger partial charge < -0.3 is 4.74 Å². The minimum Gasteiger partial charge on any atom is -0.485 e. The predicted octanol–water partition coefficient (Wildman–Crippen LogP) is 2.66. The zero-order valence-electron chi connectivity index (χ0n) is 11.9. The lowest BCUT2D eigenvalue weighted by molar-refractivity contribution is 0.0921. The quantitative estimate of drug-likeness (QED) is 0.797. The van der Waals surface area contributed by atoms with Crippen LogP contribution in [0.3, 0.4) is 0 Å². The molecule has 4 nitrogen and oxygen atoms in total. The SMILES string of the molecule is Cc1ccc(C(=O)COc2ccc(S(C)(=O)=O)cc2)cc1. The summed E-state index contributed by atoms with van der Waals surface area (Å²) in [4.78, 5) is 12.2. The molecule has 0 fully saturated rings. The van der Waals surface area contributed by atoms with Gasteiger partial charge in [-0.25, -0.2) is 8.42 Å². The Labute approximate surface area is 124 Å². The van der Waals surface area contributed by atoms with Gasteiger partial charge in [0, 0.05) is 11.8 Å². The number of aryl methyl sites for hydroxylation is 1. The van der Waals surface area contributed by atoms with Crippen LogP contribution in [0.2, 0.25) is 0 Å². The number of hydrogen-bond donors (Lipinski definition) is 0. The molecule has 5 heteroatoms. The second-order valence-electron chi connectivity index (χ2n) is 4.82. The van der Waals surface area contributed by atoms with Crippen LogP contribution in [-0.2, 0) is 9.84 Å². The zero-order valence-corrected chi connectivity index (χ0v) is 12.7. The molecule has 0 heterocycles. The monoisotopic (exact) mass is 304 g/mol. The normalized spacial score (nSPS) is 11.1. The smallest absolute Gasteiger partial charge is 0.200 e. The fraction of sp³-hybridized carbons (Fsp3) is 0.188. The van der Waals surface area contributed by atoms with Crippen LogP contribution in [-0.4, -0.2) is 27.1 Å². The van der Waals surface area contributed by atoms with Crippen LogP contribution in [0.4, 0.5) is 0 Å². The molecule has 2 aromatic carbocycles. The van der Waals surface area contributed by atoms with Gasteiger partial charge in [0.15, 0.2) is 22.2 Å². The van der Waals surface area contributed by atoms with Crippen molar-refractivity contribution in [2.75, 3.05) is 12.9 Å². The Morgan fingerprint density at radius 1 is 1.00 bits per heavy atom. The molecule has 2 aromatic rings. The van der Waals surface area contributed by atoms with Crippen molar-refractivity contribution in [1.82, 2.24) is 0 Å². The van der Waals surface area contributed by atoms with E-state index in [9.17, 15) is 13.2 Å². The molecule has 0 aliphatic rings. The Morgan fingerprint density at radius 2 is 1.57 bits per heavy atom. The summed E-state index contributed by atoms with van der Waals surface area (Å²) in [5, 5.41) is 0. The summed E-state index contributed by atoms with van der Waals surface area (Å²) in [6.07, 6.45) is 1.14. The van der Waals surface area contributed by atoms with E-state index >= 15 is 0 Å². The van der Waals surface area contributed by atoms with Gasteiger partial charge in [-0.05, 0) is 31.2 Å². The largest absolute Gasteiger partial charge is 0.485 e. The highest BCUT2D eigenvalue weighted by Crippen LogP contribution is 2.16. The standard InChI is InChI=1S/C16H16O4S/c1-12-3-5-13(6-4-12)16(17)11-20-14-7-9-15(10-8-14)21(2,18)19/h3-10H,11H2,1-2H3. The topological polar surface area (TPSA) is 60.4 Å². The summed E-state index contributed by atoms with van der Waals surface area (Å²) in [6, 6.07) is 13.3. The summed E-state index contributed by atoms with van der Waals surface area (Å²) in [5.41, 5.74) is 1.68. The molecule has 21 heavy (non-hydrogen) atoms. The highest BCUT2D eigenvalue weighted by Gasteiger charge is 2.09. The highest BCUT2D eigenvalue weighted by molar-refractivity contribution is 7.90. The maximum Gasteiger partial charge on any atom is 0.200 e. The number of rotatable bonds is 5. The molecular formula is C16H16O4S. The van der Waals surface area contributed by atoms with Crippen LogP contribution in [0, 0.1) is 6.92 Å². The molecule has 0 saturated carbocycles. The second-order valence-corrected chi connectivity index (χ2v) is 6.84. The maximum atomic E-state index is 11.9. The van der Waals surface area contributed by atoms with Gasteiger partial charge >= 0.3 is 0 Å². The molecule has 2 rings (SSSR count). The van der Waals surface area contributed by atoms with Crippen LogP contribution < -0.4 is 4.74 Å². The minimum atomic E-state index is -3.22. The molecule has 0 bridgehead atoms. The average Bonchev–Trinajstić information content (AvgIpc) is 2.45. The first kappa shape index (κ1) is 15.3. The van der Waals surface area contributed by atoms with Crippen LogP contribution in [0.15, 0.2) is 53.4 Å². The van der Waals surface area contributed by atoms with Crippen molar-refractivity contribution in [1.29, 1.82) is 0 Å². The predicted molar refractivity (Wildman–Crippen MR) is 80.6 cm³/mol. The van der Waals surface area contributed by atoms with Crippen molar-refractivity contribution in [2.24, 2.45) is 0 Å². The van der Waals surface area contributed by atoms with Gasteiger partial charge in [-0.15, -0.1) is 0 Å². The molecule has 110 valence electrons. The molecule has 0 atom stereocenters. The van der Waals surface area contributed by atoms with Crippen LogP contribution >= 0.6 is 0 Å². The fourth-order valence-electron chi connectivity index (χ4n) is 1.75. The Morgan fingerprint density at radius 3 is 2.10 bits per heavy atom. The first-order valence-corrected chi connectivity index (χ1v) is 8.28. The third kappa shape index (κ3) is 4.16. The summed E-state index contributed by atoms with van der Waals surface area (Å²) in [5.74, 6) is 0.338. The van der Waals surface area contributed by atoms with Gasteiger partial charge in [0.05, 0.1) is 4.90 Å². The first-order chi connectivity index (χ1) is 9.86. The van der Waals surface area contributed by atoms with E-state index in [0.717, 1.165) is 11.8 Å². The van der Waals surface area contributed by atoms with Crippen LogP contribution in [0.25, 0.3) is 0 Å². The lowest BCUT2D eigenvalue weighted by Gasteiger charge is -2.06. The van der Waals surface area contributed by atoms with E-state index in [2.05, 4.69) is 0 Å². The third-order valence-electron chi connectivity index (χ3n) is 3.00. The maximum absolute atomic E-state index is 11.9. The highest BCUT2D eigenvalue weighted by atomic mass is 32.2. The number of hydrogen-bond acceptors (Lipinski definition) is 4. The third-order valence-corrected chi connectivity index (χ3v) is 4.12. The van der Waals surface area contributed by atoms with Crippen LogP contribution in [0.5, 0.6) is 5.75 Å². The van der Waals surface area contributed by atoms with Gasteiger partial charge in [0.1, 0.15) is 5.75 Å². The Kier molecular flexibility index (Phi) is 4.43. The summed E-state index contributed by atoms with van der Waals surface area (Å²) >= 11 is 0. The molecule has 0 aromatic heterocycles. The number of Topliss-reactive ketones (excluding diaryl/α,β-unsaturated/α-hetero) is 1. The molecule has 0 spiro atoms. The lowest BCUT2D eigenvalue weighted by atomic mass is 10.1. The van der Waals surface area contributed by atoms with Crippen molar-refractivity contribution in [3.8, 4) is 5.75 Å². The van der Waals surface area contributed by atoms with Crippen molar-refractivity contribution < 1.29 is 17.9 Å². The fourth-order valence-corrected chi connectivity index (χ4v) is 2.39. The Hall–Kier alpha value is -2.14. The van der Waals surface area contributed by atoms with E-state index in [1.54, 1.807) is 24.3 Å².